The first-order chi connectivity index (χ1) is 10.2. The maximum atomic E-state index is 6.15. The zero-order valence-corrected chi connectivity index (χ0v) is 13.8. The molecule has 0 aliphatic rings. The van der Waals surface area contributed by atoms with Crippen LogP contribution >= 0.6 is 22.9 Å². The molecule has 2 aromatic rings. The fourth-order valence-corrected chi connectivity index (χ4v) is 2.70. The van der Waals surface area contributed by atoms with Gasteiger partial charge in [0.1, 0.15) is 0 Å². The Kier molecular flexibility index (Phi) is 6.02. The monoisotopic (exact) mass is 322 g/mol. The molecule has 0 saturated carbocycles. The van der Waals surface area contributed by atoms with E-state index in [9.17, 15) is 0 Å². The van der Waals surface area contributed by atoms with Gasteiger partial charge in [0.25, 0.3) is 0 Å². The van der Waals surface area contributed by atoms with Crippen LogP contribution in [0.25, 0.3) is 0 Å². The standard InChI is InChI=1S/C15H19ClN4S/c1-3-17-15(19-9-14-11(2)20-10-21-14)18-8-12-6-4-5-7-13(12)16/h4-7,10H,3,8-9H2,1-2H3,(H2,17,18,19). The van der Waals surface area contributed by atoms with Crippen LogP contribution < -0.4 is 10.6 Å². The summed E-state index contributed by atoms with van der Waals surface area (Å²) < 4.78 is 0. The molecule has 6 heteroatoms. The summed E-state index contributed by atoms with van der Waals surface area (Å²) in [5.74, 6) is 0.783. The molecule has 0 aliphatic heterocycles. The molecule has 1 aromatic carbocycles. The van der Waals surface area contributed by atoms with Crippen LogP contribution in [0.15, 0.2) is 34.8 Å². The summed E-state index contributed by atoms with van der Waals surface area (Å²) in [6.07, 6.45) is 0. The summed E-state index contributed by atoms with van der Waals surface area (Å²) in [7, 11) is 0. The molecular weight excluding hydrogens is 304 g/mol. The first-order valence-electron chi connectivity index (χ1n) is 6.85. The second kappa shape index (κ2) is 8.00. The molecule has 1 heterocycles. The minimum atomic E-state index is 0.552. The van der Waals surface area contributed by atoms with Crippen LogP contribution in [0, 0.1) is 6.92 Å². The van der Waals surface area contributed by atoms with Crippen LogP contribution in [0.2, 0.25) is 5.02 Å². The molecule has 0 fully saturated rings. The Hall–Kier alpha value is -1.59. The van der Waals surface area contributed by atoms with E-state index in [1.54, 1.807) is 11.3 Å². The van der Waals surface area contributed by atoms with Gasteiger partial charge in [-0.1, -0.05) is 29.8 Å². The molecule has 0 saturated heterocycles. The van der Waals surface area contributed by atoms with Crippen LogP contribution in [0.3, 0.4) is 0 Å². The van der Waals surface area contributed by atoms with Crippen molar-refractivity contribution in [1.82, 2.24) is 15.6 Å². The first kappa shape index (κ1) is 15.8. The number of nitrogens with one attached hydrogen (secondary N) is 2. The van der Waals surface area contributed by atoms with E-state index in [1.807, 2.05) is 43.6 Å². The third kappa shape index (κ3) is 4.72. The van der Waals surface area contributed by atoms with Gasteiger partial charge in [-0.15, -0.1) is 11.3 Å². The van der Waals surface area contributed by atoms with Crippen molar-refractivity contribution < 1.29 is 0 Å². The van der Waals surface area contributed by atoms with Gasteiger partial charge in [-0.2, -0.15) is 0 Å². The van der Waals surface area contributed by atoms with E-state index in [0.717, 1.165) is 35.3 Å². The number of halogens is 1. The lowest BCUT2D eigenvalue weighted by atomic mass is 10.2. The van der Waals surface area contributed by atoms with E-state index in [2.05, 4.69) is 20.6 Å². The molecule has 0 atom stereocenters. The van der Waals surface area contributed by atoms with Gasteiger partial charge >= 0.3 is 0 Å². The number of aliphatic imine (C=N–C) groups is 1. The van der Waals surface area contributed by atoms with Crippen LogP contribution in [0.4, 0.5) is 0 Å². The van der Waals surface area contributed by atoms with Crippen LogP contribution in [0.1, 0.15) is 23.1 Å². The van der Waals surface area contributed by atoms with Crippen molar-refractivity contribution >= 4 is 28.9 Å². The fourth-order valence-electron chi connectivity index (χ4n) is 1.79. The van der Waals surface area contributed by atoms with E-state index in [-0.39, 0.29) is 0 Å². The number of thiazole rings is 1. The summed E-state index contributed by atoms with van der Waals surface area (Å²) in [5, 5.41) is 7.30. The molecule has 1 aromatic heterocycles. The van der Waals surface area contributed by atoms with Gasteiger partial charge in [0.2, 0.25) is 0 Å². The highest BCUT2D eigenvalue weighted by Gasteiger charge is 2.04. The molecule has 0 unspecified atom stereocenters. The lowest BCUT2D eigenvalue weighted by molar-refractivity contribution is 0.819. The first-order valence-corrected chi connectivity index (χ1v) is 8.11. The number of aromatic nitrogens is 1. The molecule has 0 amide bonds. The minimum absolute atomic E-state index is 0.552. The molecule has 4 nitrogen and oxygen atoms in total. The predicted molar refractivity (Wildman–Crippen MR) is 90.0 cm³/mol. The Morgan fingerprint density at radius 1 is 1.33 bits per heavy atom. The molecule has 0 bridgehead atoms. The summed E-state index contributed by atoms with van der Waals surface area (Å²) in [4.78, 5) is 10.0. The van der Waals surface area contributed by atoms with E-state index in [4.69, 9.17) is 11.6 Å². The lowest BCUT2D eigenvalue weighted by Gasteiger charge is -2.11. The average Bonchev–Trinajstić information content (AvgIpc) is 2.89. The second-order valence-corrected chi connectivity index (χ2v) is 5.85. The largest absolute Gasteiger partial charge is 0.357 e. The van der Waals surface area contributed by atoms with Gasteiger partial charge in [-0.3, -0.25) is 0 Å². The number of nitrogens with zero attached hydrogens (tertiary/aromatic N) is 2. The molecule has 112 valence electrons. The van der Waals surface area contributed by atoms with Gasteiger partial charge in [-0.05, 0) is 25.5 Å². The number of guanidine groups is 1. The third-order valence-corrected chi connectivity index (χ3v) is 4.27. The van der Waals surface area contributed by atoms with Crippen molar-refractivity contribution in [3.8, 4) is 0 Å². The fraction of sp³-hybridized carbons (Fsp3) is 0.333. The average molecular weight is 323 g/mol. The van der Waals surface area contributed by atoms with Crippen molar-refractivity contribution in [1.29, 1.82) is 0 Å². The highest BCUT2D eigenvalue weighted by Crippen LogP contribution is 2.15. The normalized spacial score (nSPS) is 11.5. The van der Waals surface area contributed by atoms with E-state index in [0.29, 0.717) is 6.54 Å². The van der Waals surface area contributed by atoms with Gasteiger partial charge in [-0.25, -0.2) is 9.98 Å². The van der Waals surface area contributed by atoms with Gasteiger partial charge in [0, 0.05) is 16.4 Å². The van der Waals surface area contributed by atoms with E-state index in [1.165, 1.54) is 4.88 Å². The lowest BCUT2D eigenvalue weighted by Crippen LogP contribution is -2.36. The maximum Gasteiger partial charge on any atom is 0.191 e. The predicted octanol–water partition coefficient (Wildman–Crippen LogP) is 3.36. The number of benzene rings is 1. The number of aryl methyl sites for hydroxylation is 1. The molecule has 0 spiro atoms. The van der Waals surface area contributed by atoms with Crippen molar-refractivity contribution in [2.45, 2.75) is 26.9 Å². The Bertz CT molecular complexity index is 609. The summed E-state index contributed by atoms with van der Waals surface area (Å²) in [5.41, 5.74) is 3.94. The van der Waals surface area contributed by atoms with Crippen molar-refractivity contribution in [2.24, 2.45) is 4.99 Å². The minimum Gasteiger partial charge on any atom is -0.357 e. The Morgan fingerprint density at radius 2 is 2.14 bits per heavy atom. The number of hydrogen-bond donors (Lipinski definition) is 2. The Morgan fingerprint density at radius 3 is 2.81 bits per heavy atom. The molecule has 2 rings (SSSR count). The van der Waals surface area contributed by atoms with Gasteiger partial charge in [0.05, 0.1) is 24.3 Å². The van der Waals surface area contributed by atoms with Crippen LogP contribution in [-0.2, 0) is 13.1 Å². The van der Waals surface area contributed by atoms with Crippen LogP contribution in [-0.4, -0.2) is 17.5 Å². The maximum absolute atomic E-state index is 6.15. The zero-order chi connectivity index (χ0) is 15.1. The second-order valence-electron chi connectivity index (χ2n) is 4.50. The SMILES string of the molecule is CCNC(=NCc1ccccc1Cl)NCc1scnc1C. The summed E-state index contributed by atoms with van der Waals surface area (Å²) >= 11 is 7.80. The topological polar surface area (TPSA) is 49.3 Å². The van der Waals surface area contributed by atoms with Crippen molar-refractivity contribution in [3.63, 3.8) is 0 Å². The molecule has 0 radical (unpaired) electrons. The number of rotatable bonds is 5. The Balaban J connectivity index is 1.99. The van der Waals surface area contributed by atoms with E-state index >= 15 is 0 Å². The Labute approximate surface area is 134 Å². The zero-order valence-electron chi connectivity index (χ0n) is 12.2. The van der Waals surface area contributed by atoms with Crippen molar-refractivity contribution in [3.05, 3.63) is 50.9 Å². The summed E-state index contributed by atoms with van der Waals surface area (Å²) in [6.45, 7) is 6.16. The van der Waals surface area contributed by atoms with E-state index < -0.39 is 0 Å². The highest BCUT2D eigenvalue weighted by atomic mass is 35.5. The summed E-state index contributed by atoms with van der Waals surface area (Å²) in [6, 6.07) is 7.76. The quantitative estimate of drug-likeness (QED) is 0.655. The molecule has 21 heavy (non-hydrogen) atoms. The van der Waals surface area contributed by atoms with Gasteiger partial charge < -0.3 is 10.6 Å². The van der Waals surface area contributed by atoms with Gasteiger partial charge in [0.15, 0.2) is 5.96 Å². The molecule has 0 aliphatic carbocycles. The highest BCUT2D eigenvalue weighted by molar-refractivity contribution is 7.09. The van der Waals surface area contributed by atoms with Crippen molar-refractivity contribution in [2.75, 3.05) is 6.54 Å². The number of hydrogen-bond acceptors (Lipinski definition) is 3. The third-order valence-electron chi connectivity index (χ3n) is 2.97. The van der Waals surface area contributed by atoms with Crippen LogP contribution in [0.5, 0.6) is 0 Å². The smallest absolute Gasteiger partial charge is 0.191 e. The molecular formula is C15H19ClN4S. The molecule has 2 N–H and O–H groups in total.